The standard InChI is InChI=1S/C11H9NO4/c13-10-9-7-3-1-2-4-8(7)16-11(14)12(9)5-6-15-10/h1-4,9H,5-6H2. The number of carbonyl (C=O) groups is 2. The highest BCUT2D eigenvalue weighted by Crippen LogP contribution is 2.36. The highest BCUT2D eigenvalue weighted by molar-refractivity contribution is 5.87. The smallest absolute Gasteiger partial charge is 0.416 e. The SMILES string of the molecule is O=C1OCCN2C(=O)Oc3ccccc3C12. The lowest BCUT2D eigenvalue weighted by atomic mass is 10.0. The van der Waals surface area contributed by atoms with Crippen molar-refractivity contribution in [3.05, 3.63) is 29.8 Å². The fourth-order valence-electron chi connectivity index (χ4n) is 2.02. The summed E-state index contributed by atoms with van der Waals surface area (Å²) in [5.41, 5.74) is 0.687. The first-order valence-electron chi connectivity index (χ1n) is 5.01. The van der Waals surface area contributed by atoms with Gasteiger partial charge in [-0.25, -0.2) is 9.59 Å². The number of hydrogen-bond acceptors (Lipinski definition) is 4. The van der Waals surface area contributed by atoms with Crippen LogP contribution in [0, 0.1) is 0 Å². The van der Waals surface area contributed by atoms with E-state index in [0.717, 1.165) is 0 Å². The molecular formula is C11H9NO4. The fraction of sp³-hybridized carbons (Fsp3) is 0.273. The van der Waals surface area contributed by atoms with Gasteiger partial charge >= 0.3 is 12.1 Å². The Morgan fingerprint density at radius 1 is 1.25 bits per heavy atom. The molecule has 0 bridgehead atoms. The van der Waals surface area contributed by atoms with Gasteiger partial charge in [-0.1, -0.05) is 18.2 Å². The first-order chi connectivity index (χ1) is 7.77. The topological polar surface area (TPSA) is 55.8 Å². The van der Waals surface area contributed by atoms with Crippen molar-refractivity contribution in [1.82, 2.24) is 4.90 Å². The van der Waals surface area contributed by atoms with Crippen molar-refractivity contribution in [3.63, 3.8) is 0 Å². The zero-order valence-electron chi connectivity index (χ0n) is 8.38. The summed E-state index contributed by atoms with van der Waals surface area (Å²) in [5.74, 6) is 0.0444. The Hall–Kier alpha value is -2.04. The zero-order valence-corrected chi connectivity index (χ0v) is 8.38. The van der Waals surface area contributed by atoms with Crippen LogP contribution in [0.4, 0.5) is 4.79 Å². The van der Waals surface area contributed by atoms with Crippen molar-refractivity contribution < 1.29 is 19.1 Å². The predicted octanol–water partition coefficient (Wildman–Crippen LogP) is 1.10. The van der Waals surface area contributed by atoms with Crippen molar-refractivity contribution in [2.75, 3.05) is 13.2 Å². The molecule has 1 aromatic rings. The van der Waals surface area contributed by atoms with Gasteiger partial charge in [0.1, 0.15) is 12.4 Å². The summed E-state index contributed by atoms with van der Waals surface area (Å²) in [7, 11) is 0. The molecule has 1 aromatic carbocycles. The van der Waals surface area contributed by atoms with Gasteiger partial charge in [0.2, 0.25) is 0 Å². The van der Waals surface area contributed by atoms with Crippen LogP contribution in [-0.4, -0.2) is 30.1 Å². The molecule has 1 atom stereocenters. The van der Waals surface area contributed by atoms with E-state index in [0.29, 0.717) is 17.9 Å². The summed E-state index contributed by atoms with van der Waals surface area (Å²) >= 11 is 0. The summed E-state index contributed by atoms with van der Waals surface area (Å²) in [5, 5.41) is 0. The van der Waals surface area contributed by atoms with Crippen LogP contribution in [-0.2, 0) is 9.53 Å². The molecule has 82 valence electrons. The Morgan fingerprint density at radius 3 is 2.94 bits per heavy atom. The van der Waals surface area contributed by atoms with E-state index in [9.17, 15) is 9.59 Å². The van der Waals surface area contributed by atoms with Gasteiger partial charge in [-0.15, -0.1) is 0 Å². The Morgan fingerprint density at radius 2 is 2.06 bits per heavy atom. The van der Waals surface area contributed by atoms with Gasteiger partial charge in [0.05, 0.1) is 6.54 Å². The Bertz CT molecular complexity index is 471. The third-order valence-corrected chi connectivity index (χ3v) is 2.76. The maximum atomic E-state index is 11.7. The van der Waals surface area contributed by atoms with Crippen molar-refractivity contribution >= 4 is 12.1 Å². The van der Waals surface area contributed by atoms with Gasteiger partial charge in [-0.3, -0.25) is 4.90 Å². The number of hydrogen-bond donors (Lipinski definition) is 0. The third-order valence-electron chi connectivity index (χ3n) is 2.76. The molecule has 1 amide bonds. The molecule has 0 spiro atoms. The summed E-state index contributed by atoms with van der Waals surface area (Å²) < 4.78 is 10.1. The second-order valence-corrected chi connectivity index (χ2v) is 3.67. The molecule has 5 heteroatoms. The van der Waals surface area contributed by atoms with E-state index in [-0.39, 0.29) is 6.61 Å². The highest BCUT2D eigenvalue weighted by atomic mass is 16.6. The number of ether oxygens (including phenoxy) is 2. The fourth-order valence-corrected chi connectivity index (χ4v) is 2.02. The van der Waals surface area contributed by atoms with Crippen LogP contribution in [0.25, 0.3) is 0 Å². The van der Waals surface area contributed by atoms with E-state index in [1.54, 1.807) is 24.3 Å². The van der Waals surface area contributed by atoms with Gasteiger partial charge in [-0.2, -0.15) is 0 Å². The van der Waals surface area contributed by atoms with Crippen LogP contribution in [0.15, 0.2) is 24.3 Å². The molecule has 2 aliphatic heterocycles. The van der Waals surface area contributed by atoms with Crippen LogP contribution in [0.2, 0.25) is 0 Å². The lowest BCUT2D eigenvalue weighted by Crippen LogP contribution is -2.49. The van der Waals surface area contributed by atoms with Crippen molar-refractivity contribution in [1.29, 1.82) is 0 Å². The molecule has 1 saturated heterocycles. The van der Waals surface area contributed by atoms with Crippen LogP contribution in [0.5, 0.6) is 5.75 Å². The molecule has 16 heavy (non-hydrogen) atoms. The second kappa shape index (κ2) is 3.23. The molecular weight excluding hydrogens is 210 g/mol. The molecule has 0 N–H and O–H groups in total. The maximum Gasteiger partial charge on any atom is 0.416 e. The number of carbonyl (C=O) groups excluding carboxylic acids is 2. The third kappa shape index (κ3) is 1.18. The predicted molar refractivity (Wildman–Crippen MR) is 52.9 cm³/mol. The second-order valence-electron chi connectivity index (χ2n) is 3.67. The number of esters is 1. The number of rotatable bonds is 0. The molecule has 1 unspecified atom stereocenters. The summed E-state index contributed by atoms with van der Waals surface area (Å²) in [6, 6.07) is 6.36. The summed E-state index contributed by atoms with van der Waals surface area (Å²) in [6.07, 6.45) is -0.486. The molecule has 0 saturated carbocycles. The minimum absolute atomic E-state index is 0.229. The number of para-hydroxylation sites is 1. The molecule has 2 heterocycles. The average Bonchev–Trinajstić information content (AvgIpc) is 2.30. The van der Waals surface area contributed by atoms with E-state index in [1.807, 2.05) is 0 Å². The number of benzene rings is 1. The van der Waals surface area contributed by atoms with Crippen molar-refractivity contribution in [2.24, 2.45) is 0 Å². The largest absolute Gasteiger partial charge is 0.462 e. The lowest BCUT2D eigenvalue weighted by Gasteiger charge is -2.37. The number of morpholine rings is 1. The van der Waals surface area contributed by atoms with E-state index in [2.05, 4.69) is 0 Å². The molecule has 3 rings (SSSR count). The quantitative estimate of drug-likeness (QED) is 0.613. The maximum absolute atomic E-state index is 11.7. The van der Waals surface area contributed by atoms with Crippen molar-refractivity contribution in [2.45, 2.75) is 6.04 Å². The summed E-state index contributed by atoms with van der Waals surface area (Å²) in [4.78, 5) is 24.7. The van der Waals surface area contributed by atoms with Crippen LogP contribution in [0.3, 0.4) is 0 Å². The Balaban J connectivity index is 2.12. The van der Waals surface area contributed by atoms with Gasteiger partial charge in [0.25, 0.3) is 0 Å². The van der Waals surface area contributed by atoms with E-state index < -0.39 is 18.1 Å². The molecule has 0 aliphatic carbocycles. The van der Waals surface area contributed by atoms with Gasteiger partial charge in [-0.05, 0) is 6.07 Å². The van der Waals surface area contributed by atoms with Gasteiger partial charge in [0.15, 0.2) is 6.04 Å². The minimum atomic E-state index is -0.647. The van der Waals surface area contributed by atoms with Crippen molar-refractivity contribution in [3.8, 4) is 5.75 Å². The van der Waals surface area contributed by atoms with Gasteiger partial charge in [0, 0.05) is 5.56 Å². The monoisotopic (exact) mass is 219 g/mol. The van der Waals surface area contributed by atoms with E-state index in [4.69, 9.17) is 9.47 Å². The zero-order chi connectivity index (χ0) is 11.1. The van der Waals surface area contributed by atoms with Crippen LogP contribution in [0.1, 0.15) is 11.6 Å². The molecule has 2 aliphatic rings. The normalized spacial score (nSPS) is 23.0. The van der Waals surface area contributed by atoms with E-state index >= 15 is 0 Å². The van der Waals surface area contributed by atoms with Crippen LogP contribution >= 0.6 is 0 Å². The number of nitrogens with zero attached hydrogens (tertiary/aromatic N) is 1. The van der Waals surface area contributed by atoms with E-state index in [1.165, 1.54) is 4.90 Å². The molecule has 0 aromatic heterocycles. The molecule has 1 fully saturated rings. The number of fused-ring (bicyclic) bond motifs is 3. The van der Waals surface area contributed by atoms with Crippen LogP contribution < -0.4 is 4.74 Å². The first-order valence-corrected chi connectivity index (χ1v) is 5.01. The molecule has 5 nitrogen and oxygen atoms in total. The average molecular weight is 219 g/mol. The lowest BCUT2D eigenvalue weighted by molar-refractivity contribution is -0.156. The Labute approximate surface area is 91.6 Å². The number of amides is 1. The first kappa shape index (κ1) is 9.21. The summed E-state index contributed by atoms with van der Waals surface area (Å²) in [6.45, 7) is 0.607. The number of cyclic esters (lactones) is 1. The minimum Gasteiger partial charge on any atom is -0.462 e. The van der Waals surface area contributed by atoms with Gasteiger partial charge < -0.3 is 9.47 Å². The Kier molecular flexibility index (Phi) is 1.86. The highest BCUT2D eigenvalue weighted by Gasteiger charge is 2.42. The molecule has 0 radical (unpaired) electrons.